The summed E-state index contributed by atoms with van der Waals surface area (Å²) in [7, 11) is 0. The molecular formula is C15H13BrN2O. The van der Waals surface area contributed by atoms with Crippen LogP contribution in [0.4, 0.5) is 0 Å². The average molecular weight is 317 g/mol. The van der Waals surface area contributed by atoms with E-state index in [2.05, 4.69) is 39.7 Å². The van der Waals surface area contributed by atoms with Crippen molar-refractivity contribution in [2.75, 3.05) is 0 Å². The molecule has 0 radical (unpaired) electrons. The second-order valence-electron chi connectivity index (χ2n) is 4.74. The van der Waals surface area contributed by atoms with Crippen molar-refractivity contribution in [2.45, 2.75) is 19.8 Å². The number of halogens is 1. The summed E-state index contributed by atoms with van der Waals surface area (Å²) in [6.07, 6.45) is 0. The van der Waals surface area contributed by atoms with E-state index in [0.717, 1.165) is 32.9 Å². The van der Waals surface area contributed by atoms with Gasteiger partial charge in [0, 0.05) is 17.4 Å². The van der Waals surface area contributed by atoms with Crippen LogP contribution in [0.2, 0.25) is 0 Å². The third-order valence-electron chi connectivity index (χ3n) is 2.91. The number of aromatic nitrogens is 2. The molecule has 0 aliphatic carbocycles. The first-order chi connectivity index (χ1) is 9.13. The summed E-state index contributed by atoms with van der Waals surface area (Å²) in [5.74, 6) is 1.86. The Morgan fingerprint density at radius 3 is 2.63 bits per heavy atom. The van der Waals surface area contributed by atoms with E-state index in [1.54, 1.807) is 0 Å². The summed E-state index contributed by atoms with van der Waals surface area (Å²) >= 11 is 3.43. The predicted molar refractivity (Wildman–Crippen MR) is 79.0 cm³/mol. The Morgan fingerprint density at radius 1 is 1.11 bits per heavy atom. The molecule has 0 fully saturated rings. The van der Waals surface area contributed by atoms with Crippen LogP contribution in [0.5, 0.6) is 0 Å². The second kappa shape index (κ2) is 4.78. The Morgan fingerprint density at radius 2 is 1.89 bits per heavy atom. The van der Waals surface area contributed by atoms with E-state index in [1.165, 1.54) is 0 Å². The number of nitrogens with zero attached hydrogens (tertiary/aromatic N) is 2. The van der Waals surface area contributed by atoms with Crippen LogP contribution in [0, 0.1) is 0 Å². The van der Waals surface area contributed by atoms with Crippen molar-refractivity contribution >= 4 is 26.9 Å². The maximum Gasteiger partial charge on any atom is 0.153 e. The molecule has 0 amide bonds. The number of para-hydroxylation sites is 1. The van der Waals surface area contributed by atoms with Crippen molar-refractivity contribution in [3.8, 4) is 11.5 Å². The second-order valence-corrected chi connectivity index (χ2v) is 5.55. The maximum atomic E-state index is 5.83. The van der Waals surface area contributed by atoms with E-state index in [0.29, 0.717) is 0 Å². The number of hydrogen-bond donors (Lipinski definition) is 0. The van der Waals surface area contributed by atoms with Gasteiger partial charge in [-0.25, -0.2) is 9.97 Å². The van der Waals surface area contributed by atoms with Gasteiger partial charge in [0.2, 0.25) is 0 Å². The monoisotopic (exact) mass is 316 g/mol. The Kier molecular flexibility index (Phi) is 3.11. The van der Waals surface area contributed by atoms with Gasteiger partial charge in [0.25, 0.3) is 0 Å². The fraction of sp³-hybridized carbons (Fsp3) is 0.200. The molecule has 4 heteroatoms. The molecule has 96 valence electrons. The molecule has 0 spiro atoms. The summed E-state index contributed by atoms with van der Waals surface area (Å²) in [5.41, 5.74) is 1.68. The van der Waals surface area contributed by atoms with Crippen LogP contribution < -0.4 is 0 Å². The van der Waals surface area contributed by atoms with E-state index in [1.807, 2.05) is 36.4 Å². The van der Waals surface area contributed by atoms with Gasteiger partial charge in [0.05, 0.1) is 0 Å². The smallest absolute Gasteiger partial charge is 0.153 e. The lowest BCUT2D eigenvalue weighted by molar-refractivity contribution is 0.626. The summed E-state index contributed by atoms with van der Waals surface area (Å²) in [5, 5.41) is 1.08. The molecule has 19 heavy (non-hydrogen) atoms. The van der Waals surface area contributed by atoms with Gasteiger partial charge in [-0.2, -0.15) is 0 Å². The normalized spacial score (nSPS) is 11.4. The van der Waals surface area contributed by atoms with E-state index >= 15 is 0 Å². The summed E-state index contributed by atoms with van der Waals surface area (Å²) in [6, 6.07) is 11.8. The van der Waals surface area contributed by atoms with Gasteiger partial charge in [0.15, 0.2) is 5.76 Å². The highest BCUT2D eigenvalue weighted by Crippen LogP contribution is 2.28. The third kappa shape index (κ3) is 2.40. The fourth-order valence-electron chi connectivity index (χ4n) is 1.93. The minimum absolute atomic E-state index is 0.278. The highest BCUT2D eigenvalue weighted by Gasteiger charge is 2.12. The Hall–Kier alpha value is -1.68. The number of rotatable bonds is 2. The molecule has 2 aromatic heterocycles. The Labute approximate surface area is 119 Å². The van der Waals surface area contributed by atoms with Gasteiger partial charge in [0.1, 0.15) is 21.7 Å². The number of hydrogen-bond acceptors (Lipinski definition) is 3. The first-order valence-corrected chi connectivity index (χ1v) is 6.96. The van der Waals surface area contributed by atoms with Crippen molar-refractivity contribution in [3.05, 3.63) is 46.8 Å². The lowest BCUT2D eigenvalue weighted by Crippen LogP contribution is -1.99. The van der Waals surface area contributed by atoms with Crippen molar-refractivity contribution in [1.82, 2.24) is 9.97 Å². The van der Waals surface area contributed by atoms with Crippen LogP contribution in [0.1, 0.15) is 25.6 Å². The summed E-state index contributed by atoms with van der Waals surface area (Å²) in [4.78, 5) is 8.94. The number of fused-ring (bicyclic) bond motifs is 1. The number of furan rings is 1. The minimum atomic E-state index is 0.278. The topological polar surface area (TPSA) is 38.9 Å². The van der Waals surface area contributed by atoms with Crippen LogP contribution in [-0.4, -0.2) is 9.97 Å². The highest BCUT2D eigenvalue weighted by molar-refractivity contribution is 9.10. The third-order valence-corrected chi connectivity index (χ3v) is 3.31. The van der Waals surface area contributed by atoms with Gasteiger partial charge in [-0.1, -0.05) is 32.0 Å². The first-order valence-electron chi connectivity index (χ1n) is 6.17. The van der Waals surface area contributed by atoms with E-state index < -0.39 is 0 Å². The van der Waals surface area contributed by atoms with Crippen LogP contribution in [-0.2, 0) is 0 Å². The Bertz CT molecular complexity index is 701. The van der Waals surface area contributed by atoms with Crippen molar-refractivity contribution in [2.24, 2.45) is 0 Å². The van der Waals surface area contributed by atoms with E-state index in [9.17, 15) is 0 Å². The molecule has 0 aliphatic rings. The van der Waals surface area contributed by atoms with Gasteiger partial charge in [-0.3, -0.25) is 0 Å². The maximum absolute atomic E-state index is 5.83. The molecule has 3 nitrogen and oxygen atoms in total. The molecule has 0 saturated heterocycles. The van der Waals surface area contributed by atoms with Crippen LogP contribution in [0.25, 0.3) is 22.4 Å². The quantitative estimate of drug-likeness (QED) is 0.639. The zero-order valence-corrected chi connectivity index (χ0v) is 12.3. The summed E-state index contributed by atoms with van der Waals surface area (Å²) < 4.78 is 6.61. The number of benzene rings is 1. The van der Waals surface area contributed by atoms with Crippen LogP contribution in [0.15, 0.2) is 45.4 Å². The average Bonchev–Trinajstić information content (AvgIpc) is 2.81. The van der Waals surface area contributed by atoms with Crippen LogP contribution in [0.3, 0.4) is 0 Å². The van der Waals surface area contributed by atoms with Gasteiger partial charge in [-0.15, -0.1) is 0 Å². The van der Waals surface area contributed by atoms with Crippen LogP contribution >= 0.6 is 15.9 Å². The molecular weight excluding hydrogens is 304 g/mol. The molecule has 1 aromatic carbocycles. The zero-order chi connectivity index (χ0) is 13.4. The molecule has 3 rings (SSSR count). The molecule has 3 aromatic rings. The first kappa shape index (κ1) is 12.4. The standard InChI is InChI=1S/C15H13BrN2O/c1-9(2)15-17-11(8-14(16)18-15)13-7-10-5-3-4-6-12(10)19-13/h3-9H,1-2H3. The van der Waals surface area contributed by atoms with Gasteiger partial charge < -0.3 is 4.42 Å². The summed E-state index contributed by atoms with van der Waals surface area (Å²) in [6.45, 7) is 4.15. The van der Waals surface area contributed by atoms with Crippen molar-refractivity contribution in [3.63, 3.8) is 0 Å². The molecule has 0 aliphatic heterocycles. The van der Waals surface area contributed by atoms with Gasteiger partial charge in [-0.05, 0) is 28.1 Å². The fourth-order valence-corrected chi connectivity index (χ4v) is 2.33. The van der Waals surface area contributed by atoms with Crippen molar-refractivity contribution in [1.29, 1.82) is 0 Å². The highest BCUT2D eigenvalue weighted by atomic mass is 79.9. The lowest BCUT2D eigenvalue weighted by Gasteiger charge is -2.05. The molecule has 0 bridgehead atoms. The van der Waals surface area contributed by atoms with Gasteiger partial charge >= 0.3 is 0 Å². The van der Waals surface area contributed by atoms with Crippen molar-refractivity contribution < 1.29 is 4.42 Å². The minimum Gasteiger partial charge on any atom is -0.454 e. The SMILES string of the molecule is CC(C)c1nc(Br)cc(-c2cc3ccccc3o2)n1. The molecule has 0 N–H and O–H groups in total. The zero-order valence-electron chi connectivity index (χ0n) is 10.7. The molecule has 2 heterocycles. The Balaban J connectivity index is 2.15. The van der Waals surface area contributed by atoms with E-state index in [4.69, 9.17) is 4.42 Å². The lowest BCUT2D eigenvalue weighted by atomic mass is 10.2. The molecule has 0 saturated carbocycles. The van der Waals surface area contributed by atoms with E-state index in [-0.39, 0.29) is 5.92 Å². The molecule has 0 unspecified atom stereocenters. The largest absolute Gasteiger partial charge is 0.454 e. The predicted octanol–water partition coefficient (Wildman–Crippen LogP) is 4.78. The molecule has 0 atom stereocenters.